The molecule has 0 aliphatic carbocycles. The molecule has 0 saturated carbocycles. The van der Waals surface area contributed by atoms with Crippen LogP contribution in [0, 0.1) is 6.92 Å². The molecule has 8 heteroatoms. The van der Waals surface area contributed by atoms with E-state index in [-0.39, 0.29) is 30.2 Å². The van der Waals surface area contributed by atoms with Crippen molar-refractivity contribution < 1.29 is 9.53 Å². The first kappa shape index (κ1) is 14.6. The van der Waals surface area contributed by atoms with Crippen LogP contribution in [0.4, 0.5) is 5.82 Å². The number of aromatic nitrogens is 4. The van der Waals surface area contributed by atoms with Gasteiger partial charge >= 0.3 is 5.97 Å². The molecule has 0 amide bonds. The van der Waals surface area contributed by atoms with Gasteiger partial charge in [-0.3, -0.25) is 9.59 Å². The highest BCUT2D eigenvalue weighted by Crippen LogP contribution is 2.13. The molecule has 0 radical (unpaired) electrons. The van der Waals surface area contributed by atoms with Crippen LogP contribution < -0.4 is 11.3 Å². The van der Waals surface area contributed by atoms with Gasteiger partial charge in [-0.2, -0.15) is 0 Å². The number of rotatable bonds is 4. The number of nitrogens with two attached hydrogens (primary N) is 1. The van der Waals surface area contributed by atoms with Gasteiger partial charge in [-0.25, -0.2) is 15.0 Å². The number of carbonyl (C=O) groups is 1. The summed E-state index contributed by atoms with van der Waals surface area (Å²) in [6.45, 7) is 3.65. The molecule has 0 unspecified atom stereocenters. The van der Waals surface area contributed by atoms with Crippen molar-refractivity contribution in [1.82, 2.24) is 19.9 Å². The smallest absolute Gasteiger partial charge is 0.310 e. The Labute approximate surface area is 120 Å². The SMILES string of the molecule is CCOC(=O)Cc1c(N)nc(-c2ccnc(C)n2)[nH]c1=O. The molecule has 110 valence electrons. The molecule has 0 aliphatic rings. The predicted octanol–water partition coefficient (Wildman–Crippen LogP) is 0.223. The fourth-order valence-corrected chi connectivity index (χ4v) is 1.75. The Morgan fingerprint density at radius 2 is 2.19 bits per heavy atom. The number of nitrogens with one attached hydrogen (secondary N) is 1. The second-order valence-corrected chi connectivity index (χ2v) is 4.25. The van der Waals surface area contributed by atoms with Gasteiger partial charge in [0.15, 0.2) is 5.82 Å². The summed E-state index contributed by atoms with van der Waals surface area (Å²) in [5.74, 6) is 0.236. The molecule has 8 nitrogen and oxygen atoms in total. The van der Waals surface area contributed by atoms with Crippen molar-refractivity contribution in [3.05, 3.63) is 34.0 Å². The molecule has 0 saturated heterocycles. The van der Waals surface area contributed by atoms with Crippen LogP contribution in [0.3, 0.4) is 0 Å². The standard InChI is InChI=1S/C13H15N5O3/c1-3-21-10(19)6-8-11(14)17-12(18-13(8)20)9-4-5-15-7(2)16-9/h4-5H,3,6H2,1-2H3,(H3,14,17,18,20). The van der Waals surface area contributed by atoms with Crippen LogP contribution in [-0.4, -0.2) is 32.5 Å². The molecule has 0 bridgehead atoms. The molecule has 0 spiro atoms. The number of aromatic amines is 1. The highest BCUT2D eigenvalue weighted by atomic mass is 16.5. The van der Waals surface area contributed by atoms with Crippen LogP contribution in [0.15, 0.2) is 17.1 Å². The number of esters is 1. The molecule has 0 aromatic carbocycles. The van der Waals surface area contributed by atoms with Gasteiger partial charge in [0.05, 0.1) is 18.6 Å². The zero-order valence-corrected chi connectivity index (χ0v) is 11.7. The van der Waals surface area contributed by atoms with Gasteiger partial charge in [0.1, 0.15) is 17.3 Å². The number of anilines is 1. The second-order valence-electron chi connectivity index (χ2n) is 4.25. The summed E-state index contributed by atoms with van der Waals surface area (Å²) in [5.41, 5.74) is 5.81. The monoisotopic (exact) mass is 289 g/mol. The Hall–Kier alpha value is -2.77. The molecule has 21 heavy (non-hydrogen) atoms. The van der Waals surface area contributed by atoms with Gasteiger partial charge in [-0.15, -0.1) is 0 Å². The Balaban J connectivity index is 2.37. The number of hydrogen-bond donors (Lipinski definition) is 2. The van der Waals surface area contributed by atoms with Crippen LogP contribution >= 0.6 is 0 Å². The molecule has 3 N–H and O–H groups in total. The highest BCUT2D eigenvalue weighted by Gasteiger charge is 2.15. The summed E-state index contributed by atoms with van der Waals surface area (Å²) in [6, 6.07) is 1.61. The van der Waals surface area contributed by atoms with Crippen molar-refractivity contribution in [2.45, 2.75) is 20.3 Å². The fraction of sp³-hybridized carbons (Fsp3) is 0.308. The van der Waals surface area contributed by atoms with Gasteiger partial charge in [-0.1, -0.05) is 0 Å². The number of hydrogen-bond acceptors (Lipinski definition) is 7. The Kier molecular flexibility index (Phi) is 4.27. The van der Waals surface area contributed by atoms with E-state index in [9.17, 15) is 9.59 Å². The van der Waals surface area contributed by atoms with Gasteiger partial charge in [0, 0.05) is 6.20 Å². The molecule has 0 aliphatic heterocycles. The van der Waals surface area contributed by atoms with E-state index in [1.54, 1.807) is 26.1 Å². The van der Waals surface area contributed by atoms with Crippen LogP contribution in [0.1, 0.15) is 18.3 Å². The lowest BCUT2D eigenvalue weighted by molar-refractivity contribution is -0.142. The Bertz CT molecular complexity index is 726. The van der Waals surface area contributed by atoms with Crippen molar-refractivity contribution in [3.8, 4) is 11.5 Å². The second kappa shape index (κ2) is 6.12. The zero-order chi connectivity index (χ0) is 15.4. The van der Waals surface area contributed by atoms with E-state index >= 15 is 0 Å². The third-order valence-corrected chi connectivity index (χ3v) is 2.69. The first-order valence-electron chi connectivity index (χ1n) is 6.35. The fourth-order valence-electron chi connectivity index (χ4n) is 1.75. The quantitative estimate of drug-likeness (QED) is 0.771. The molecule has 0 atom stereocenters. The van der Waals surface area contributed by atoms with E-state index in [1.165, 1.54) is 0 Å². The van der Waals surface area contributed by atoms with Gasteiger partial charge in [-0.05, 0) is 19.9 Å². The number of H-pyrrole nitrogens is 1. The van der Waals surface area contributed by atoms with E-state index in [0.717, 1.165) is 0 Å². The van der Waals surface area contributed by atoms with Gasteiger partial charge in [0.25, 0.3) is 5.56 Å². The molecular formula is C13H15N5O3. The van der Waals surface area contributed by atoms with Crippen LogP contribution in [-0.2, 0) is 16.0 Å². The maximum atomic E-state index is 12.0. The molecule has 2 aromatic rings. The Morgan fingerprint density at radius 3 is 2.81 bits per heavy atom. The number of nitrogens with zero attached hydrogens (tertiary/aromatic N) is 3. The lowest BCUT2D eigenvalue weighted by Gasteiger charge is -2.06. The Morgan fingerprint density at radius 1 is 1.43 bits per heavy atom. The molecular weight excluding hydrogens is 274 g/mol. The van der Waals surface area contributed by atoms with E-state index < -0.39 is 11.5 Å². The van der Waals surface area contributed by atoms with E-state index in [4.69, 9.17) is 10.5 Å². The number of aryl methyl sites for hydroxylation is 1. The first-order chi connectivity index (χ1) is 10.0. The lowest BCUT2D eigenvalue weighted by Crippen LogP contribution is -2.22. The van der Waals surface area contributed by atoms with Crippen molar-refractivity contribution >= 4 is 11.8 Å². The molecule has 0 fully saturated rings. The summed E-state index contributed by atoms with van der Waals surface area (Å²) in [5, 5.41) is 0. The number of nitrogen functional groups attached to an aromatic ring is 1. The molecule has 2 rings (SSSR count). The average Bonchev–Trinajstić information content (AvgIpc) is 2.43. The largest absolute Gasteiger partial charge is 0.466 e. The van der Waals surface area contributed by atoms with E-state index in [1.807, 2.05) is 0 Å². The van der Waals surface area contributed by atoms with Gasteiger partial charge in [0.2, 0.25) is 0 Å². The molecule has 2 heterocycles. The zero-order valence-electron chi connectivity index (χ0n) is 11.7. The summed E-state index contributed by atoms with van der Waals surface area (Å²) in [4.78, 5) is 38.2. The van der Waals surface area contributed by atoms with Gasteiger partial charge < -0.3 is 15.5 Å². The van der Waals surface area contributed by atoms with Crippen molar-refractivity contribution in [2.24, 2.45) is 0 Å². The van der Waals surface area contributed by atoms with Crippen LogP contribution in [0.25, 0.3) is 11.5 Å². The van der Waals surface area contributed by atoms with Crippen LogP contribution in [0.2, 0.25) is 0 Å². The third-order valence-electron chi connectivity index (χ3n) is 2.69. The van der Waals surface area contributed by atoms with E-state index in [2.05, 4.69) is 19.9 Å². The minimum Gasteiger partial charge on any atom is -0.466 e. The maximum Gasteiger partial charge on any atom is 0.310 e. The summed E-state index contributed by atoms with van der Waals surface area (Å²) in [7, 11) is 0. The highest BCUT2D eigenvalue weighted by molar-refractivity contribution is 5.74. The summed E-state index contributed by atoms with van der Waals surface area (Å²) >= 11 is 0. The number of carbonyl (C=O) groups excluding carboxylic acids is 1. The predicted molar refractivity (Wildman–Crippen MR) is 75.4 cm³/mol. The minimum absolute atomic E-state index is 0.0157. The maximum absolute atomic E-state index is 12.0. The summed E-state index contributed by atoms with van der Waals surface area (Å²) in [6.07, 6.45) is 1.34. The minimum atomic E-state index is -0.526. The van der Waals surface area contributed by atoms with Crippen molar-refractivity contribution in [3.63, 3.8) is 0 Å². The normalized spacial score (nSPS) is 10.4. The first-order valence-corrected chi connectivity index (χ1v) is 6.35. The number of ether oxygens (including phenoxy) is 1. The van der Waals surface area contributed by atoms with Crippen molar-refractivity contribution in [1.29, 1.82) is 0 Å². The summed E-state index contributed by atoms with van der Waals surface area (Å²) < 4.78 is 4.79. The average molecular weight is 289 g/mol. The molecule has 2 aromatic heterocycles. The van der Waals surface area contributed by atoms with Crippen molar-refractivity contribution in [2.75, 3.05) is 12.3 Å². The van der Waals surface area contributed by atoms with E-state index in [0.29, 0.717) is 11.5 Å². The topological polar surface area (TPSA) is 124 Å². The third kappa shape index (κ3) is 3.41. The van der Waals surface area contributed by atoms with Crippen LogP contribution in [0.5, 0.6) is 0 Å². The lowest BCUT2D eigenvalue weighted by atomic mass is 10.2.